The van der Waals surface area contributed by atoms with Crippen LogP contribution in [0.25, 0.3) is 10.8 Å². The van der Waals surface area contributed by atoms with Crippen molar-refractivity contribution in [2.24, 2.45) is 0 Å². The van der Waals surface area contributed by atoms with E-state index < -0.39 is 36.3 Å². The summed E-state index contributed by atoms with van der Waals surface area (Å²) in [4.78, 5) is -0.845. The number of benzene rings is 2. The van der Waals surface area contributed by atoms with E-state index >= 15 is 0 Å². The average molecular weight is 318 g/mol. The van der Waals surface area contributed by atoms with Gasteiger partial charge in [0.2, 0.25) is 0 Å². The molecule has 0 aromatic heterocycles. The molecule has 108 valence electrons. The Bertz CT molecular complexity index is 839. The number of sulfone groups is 1. The highest BCUT2D eigenvalue weighted by Gasteiger charge is 2.18. The van der Waals surface area contributed by atoms with E-state index in [-0.39, 0.29) is 15.7 Å². The third kappa shape index (κ3) is 2.55. The molecule has 0 amide bonds. The normalized spacial score (nSPS) is 12.7. The maximum Gasteiger partial charge on any atom is 0.294 e. The van der Waals surface area contributed by atoms with Gasteiger partial charge in [0.05, 0.1) is 15.2 Å². The molecule has 0 saturated carbocycles. The molecule has 0 aliphatic heterocycles. The van der Waals surface area contributed by atoms with Crippen LogP contribution >= 0.6 is 0 Å². The van der Waals surface area contributed by atoms with E-state index in [0.29, 0.717) is 0 Å². The molecule has 0 atom stereocenters. The molecule has 9 heteroatoms. The van der Waals surface area contributed by atoms with E-state index in [4.69, 9.17) is 4.55 Å². The monoisotopic (exact) mass is 318 g/mol. The highest BCUT2D eigenvalue weighted by Crippen LogP contribution is 2.37. The van der Waals surface area contributed by atoms with E-state index in [0.717, 1.165) is 30.5 Å². The second-order valence-corrected chi connectivity index (χ2v) is 7.67. The van der Waals surface area contributed by atoms with Crippen molar-refractivity contribution in [3.63, 3.8) is 0 Å². The fourth-order valence-corrected chi connectivity index (χ4v) is 2.98. The predicted octanol–water partition coefficient (Wildman–Crippen LogP) is 0.901. The fraction of sp³-hybridized carbons (Fsp3) is 0.0909. The zero-order chi connectivity index (χ0) is 15.3. The van der Waals surface area contributed by atoms with Gasteiger partial charge in [-0.1, -0.05) is 0 Å². The number of fused-ring (bicyclic) bond motifs is 1. The lowest BCUT2D eigenvalue weighted by Gasteiger charge is -2.08. The predicted molar refractivity (Wildman–Crippen MR) is 70.2 cm³/mol. The molecule has 0 aliphatic carbocycles. The number of phenols is 2. The molecule has 20 heavy (non-hydrogen) atoms. The lowest BCUT2D eigenvalue weighted by molar-refractivity contribution is 0.458. The van der Waals surface area contributed by atoms with Gasteiger partial charge in [0.25, 0.3) is 10.1 Å². The van der Waals surface area contributed by atoms with E-state index in [1.807, 2.05) is 0 Å². The summed E-state index contributed by atoms with van der Waals surface area (Å²) < 4.78 is 54.0. The number of hydrogen-bond acceptors (Lipinski definition) is 6. The van der Waals surface area contributed by atoms with Crippen molar-refractivity contribution >= 4 is 30.7 Å². The highest BCUT2D eigenvalue weighted by atomic mass is 32.2. The van der Waals surface area contributed by atoms with Crippen LogP contribution in [0, 0.1) is 0 Å². The van der Waals surface area contributed by atoms with Gasteiger partial charge in [-0.2, -0.15) is 8.42 Å². The van der Waals surface area contributed by atoms with Gasteiger partial charge in [-0.05, 0) is 23.6 Å². The van der Waals surface area contributed by atoms with Crippen molar-refractivity contribution in [3.8, 4) is 11.5 Å². The van der Waals surface area contributed by atoms with Crippen LogP contribution in [0.5, 0.6) is 11.5 Å². The van der Waals surface area contributed by atoms with Gasteiger partial charge in [-0.25, -0.2) is 8.42 Å². The van der Waals surface area contributed by atoms with Gasteiger partial charge < -0.3 is 10.2 Å². The van der Waals surface area contributed by atoms with Crippen molar-refractivity contribution < 1.29 is 31.6 Å². The first-order chi connectivity index (χ1) is 9.00. The molecule has 2 rings (SSSR count). The molecule has 2 aromatic carbocycles. The van der Waals surface area contributed by atoms with Crippen LogP contribution in [0.3, 0.4) is 0 Å². The minimum absolute atomic E-state index is 0.0296. The smallest absolute Gasteiger partial charge is 0.294 e. The summed E-state index contributed by atoms with van der Waals surface area (Å²) in [5.74, 6) is -1.10. The molecule has 3 N–H and O–H groups in total. The Labute approximate surface area is 114 Å². The molecule has 0 bridgehead atoms. The molecule has 0 fully saturated rings. The zero-order valence-corrected chi connectivity index (χ0v) is 11.7. The van der Waals surface area contributed by atoms with Crippen molar-refractivity contribution in [1.82, 2.24) is 0 Å². The maximum absolute atomic E-state index is 11.5. The topological polar surface area (TPSA) is 129 Å². The van der Waals surface area contributed by atoms with Crippen molar-refractivity contribution in [2.75, 3.05) is 6.26 Å². The van der Waals surface area contributed by atoms with E-state index in [9.17, 15) is 27.0 Å². The Morgan fingerprint density at radius 3 is 1.75 bits per heavy atom. The third-order valence-corrected chi connectivity index (χ3v) is 4.60. The molecule has 0 saturated heterocycles. The Hall–Kier alpha value is -1.84. The second kappa shape index (κ2) is 4.33. The zero-order valence-electron chi connectivity index (χ0n) is 10.1. The molecule has 0 unspecified atom stereocenters. The average Bonchev–Trinajstić information content (AvgIpc) is 2.25. The minimum Gasteiger partial charge on any atom is -0.507 e. The number of aromatic hydroxyl groups is 2. The van der Waals surface area contributed by atoms with E-state index in [1.54, 1.807) is 0 Å². The molecular weight excluding hydrogens is 308 g/mol. The minimum atomic E-state index is -4.57. The van der Waals surface area contributed by atoms with E-state index in [2.05, 4.69) is 0 Å². The highest BCUT2D eigenvalue weighted by molar-refractivity contribution is 7.90. The summed E-state index contributed by atoms with van der Waals surface area (Å²) in [6, 6.07) is 3.76. The lowest BCUT2D eigenvalue weighted by atomic mass is 10.1. The summed E-state index contributed by atoms with van der Waals surface area (Å²) in [6.45, 7) is 0. The Morgan fingerprint density at radius 2 is 1.30 bits per heavy atom. The first-order valence-corrected chi connectivity index (χ1v) is 8.50. The van der Waals surface area contributed by atoms with Crippen LogP contribution in [0.4, 0.5) is 0 Å². The van der Waals surface area contributed by atoms with Crippen LogP contribution in [-0.2, 0) is 20.0 Å². The molecule has 0 spiro atoms. The van der Waals surface area contributed by atoms with Gasteiger partial charge in [-0.15, -0.1) is 0 Å². The van der Waals surface area contributed by atoms with Gasteiger partial charge >= 0.3 is 0 Å². The van der Waals surface area contributed by atoms with E-state index in [1.165, 1.54) is 0 Å². The van der Waals surface area contributed by atoms with Crippen molar-refractivity contribution in [1.29, 1.82) is 0 Å². The van der Waals surface area contributed by atoms with Gasteiger partial charge in [-0.3, -0.25) is 4.55 Å². The summed E-state index contributed by atoms with van der Waals surface area (Å²) in [5.41, 5.74) is 0. The van der Waals surface area contributed by atoms with Crippen molar-refractivity contribution in [3.05, 3.63) is 24.3 Å². The first-order valence-electron chi connectivity index (χ1n) is 5.17. The summed E-state index contributed by atoms with van der Waals surface area (Å²) >= 11 is 0. The van der Waals surface area contributed by atoms with Crippen LogP contribution in [0.2, 0.25) is 0 Å². The Balaban J connectivity index is 2.95. The molecular formula is C11H10O7S2. The quantitative estimate of drug-likeness (QED) is 0.701. The van der Waals surface area contributed by atoms with Crippen LogP contribution in [-0.4, -0.2) is 37.9 Å². The summed E-state index contributed by atoms with van der Waals surface area (Å²) in [6.07, 6.45) is 0.917. The first kappa shape index (κ1) is 14.6. The molecule has 0 aliphatic rings. The molecule has 7 nitrogen and oxygen atoms in total. The lowest BCUT2D eigenvalue weighted by Crippen LogP contribution is -1.99. The number of phenolic OH excluding ortho intramolecular Hbond substituents is 2. The van der Waals surface area contributed by atoms with Crippen LogP contribution < -0.4 is 0 Å². The standard InChI is InChI=1S/C11H10O7S2/c1-19(14,15)7-2-6-3-8(20(16,17)18)5-10(13)11(6)9(12)4-7/h2-5,12-13H,1H3,(H,16,17,18). The van der Waals surface area contributed by atoms with Gasteiger partial charge in [0, 0.05) is 12.3 Å². The third-order valence-electron chi connectivity index (χ3n) is 2.68. The van der Waals surface area contributed by atoms with Crippen molar-refractivity contribution in [2.45, 2.75) is 9.79 Å². The largest absolute Gasteiger partial charge is 0.507 e. The maximum atomic E-state index is 11.5. The van der Waals surface area contributed by atoms with Crippen LogP contribution in [0.1, 0.15) is 0 Å². The Morgan fingerprint density at radius 1 is 0.850 bits per heavy atom. The number of rotatable bonds is 2. The fourth-order valence-electron chi connectivity index (χ4n) is 1.78. The van der Waals surface area contributed by atoms with Gasteiger partial charge in [0.15, 0.2) is 9.84 Å². The Kier molecular flexibility index (Phi) is 3.16. The number of hydrogen-bond donors (Lipinski definition) is 3. The summed E-state index contributed by atoms with van der Waals surface area (Å²) in [5, 5.41) is 19.3. The molecule has 2 aromatic rings. The van der Waals surface area contributed by atoms with Crippen LogP contribution in [0.15, 0.2) is 34.1 Å². The summed E-state index contributed by atoms with van der Waals surface area (Å²) in [7, 11) is -8.20. The van der Waals surface area contributed by atoms with Gasteiger partial charge in [0.1, 0.15) is 11.5 Å². The second-order valence-electron chi connectivity index (χ2n) is 4.23. The molecule has 0 radical (unpaired) electrons. The molecule has 0 heterocycles. The SMILES string of the molecule is CS(=O)(=O)c1cc(O)c2c(O)cc(S(=O)(=O)O)cc2c1.